The van der Waals surface area contributed by atoms with Crippen molar-refractivity contribution in [3.05, 3.63) is 35.4 Å². The lowest BCUT2D eigenvalue weighted by Gasteiger charge is -2.13. The van der Waals surface area contributed by atoms with Crippen LogP contribution in [0.4, 0.5) is 0 Å². The molecular formula is C15H24N2O2. The van der Waals surface area contributed by atoms with E-state index in [9.17, 15) is 4.79 Å². The lowest BCUT2D eigenvalue weighted by molar-refractivity contribution is -0.121. The number of hydrogen-bond acceptors (Lipinski definition) is 3. The standard InChI is InChI=1S/C15H24N2O2/c1-4-13-7-5-6-8-14(13)9-16-10-15(18)17-12(2)11-19-3/h5-8,12,16H,4,9-11H2,1-3H3,(H,17,18). The third-order valence-corrected chi connectivity index (χ3v) is 2.92. The monoisotopic (exact) mass is 264 g/mol. The van der Waals surface area contributed by atoms with Gasteiger partial charge in [0.15, 0.2) is 0 Å². The van der Waals surface area contributed by atoms with Gasteiger partial charge < -0.3 is 15.4 Å². The number of carbonyl (C=O) groups is 1. The van der Waals surface area contributed by atoms with Crippen LogP contribution in [0, 0.1) is 0 Å². The van der Waals surface area contributed by atoms with Crippen LogP contribution in [-0.2, 0) is 22.5 Å². The second kappa shape index (κ2) is 8.67. The number of methoxy groups -OCH3 is 1. The summed E-state index contributed by atoms with van der Waals surface area (Å²) in [6.07, 6.45) is 1.01. The van der Waals surface area contributed by atoms with Crippen LogP contribution in [0.2, 0.25) is 0 Å². The van der Waals surface area contributed by atoms with E-state index in [1.807, 2.05) is 19.1 Å². The molecule has 0 spiro atoms. The molecule has 1 rings (SSSR count). The molecule has 0 heterocycles. The van der Waals surface area contributed by atoms with Crippen LogP contribution in [0.15, 0.2) is 24.3 Å². The second-order valence-electron chi connectivity index (χ2n) is 4.65. The van der Waals surface area contributed by atoms with Gasteiger partial charge in [-0.3, -0.25) is 4.79 Å². The predicted octanol–water partition coefficient (Wildman–Crippen LogP) is 1.49. The summed E-state index contributed by atoms with van der Waals surface area (Å²) in [7, 11) is 1.63. The van der Waals surface area contributed by atoms with Crippen molar-refractivity contribution in [3.63, 3.8) is 0 Å². The molecule has 19 heavy (non-hydrogen) atoms. The van der Waals surface area contributed by atoms with Crippen molar-refractivity contribution in [3.8, 4) is 0 Å². The van der Waals surface area contributed by atoms with Crippen molar-refractivity contribution >= 4 is 5.91 Å². The highest BCUT2D eigenvalue weighted by molar-refractivity contribution is 5.78. The van der Waals surface area contributed by atoms with Gasteiger partial charge in [0.2, 0.25) is 5.91 Å². The molecule has 1 unspecified atom stereocenters. The first-order chi connectivity index (χ1) is 9.17. The number of aryl methyl sites for hydroxylation is 1. The molecule has 0 bridgehead atoms. The minimum absolute atomic E-state index is 0.00136. The number of rotatable bonds is 8. The molecule has 0 aliphatic rings. The molecule has 2 N–H and O–H groups in total. The van der Waals surface area contributed by atoms with Gasteiger partial charge in [0.25, 0.3) is 0 Å². The van der Waals surface area contributed by atoms with Crippen LogP contribution in [0.25, 0.3) is 0 Å². The number of nitrogens with one attached hydrogen (secondary N) is 2. The topological polar surface area (TPSA) is 50.4 Å². The summed E-state index contributed by atoms with van der Waals surface area (Å²) in [5.41, 5.74) is 2.57. The van der Waals surface area contributed by atoms with Crippen molar-refractivity contribution in [2.45, 2.75) is 32.9 Å². The van der Waals surface area contributed by atoms with E-state index < -0.39 is 0 Å². The van der Waals surface area contributed by atoms with E-state index in [2.05, 4.69) is 29.7 Å². The van der Waals surface area contributed by atoms with Gasteiger partial charge in [-0.05, 0) is 24.5 Å². The van der Waals surface area contributed by atoms with Crippen LogP contribution in [0.3, 0.4) is 0 Å². The molecule has 0 radical (unpaired) electrons. The number of hydrogen-bond donors (Lipinski definition) is 2. The molecule has 4 heteroatoms. The van der Waals surface area contributed by atoms with Crippen molar-refractivity contribution in [1.29, 1.82) is 0 Å². The molecule has 0 fully saturated rings. The number of benzene rings is 1. The van der Waals surface area contributed by atoms with Gasteiger partial charge in [0, 0.05) is 19.7 Å². The molecule has 0 aliphatic carbocycles. The third kappa shape index (κ3) is 5.85. The van der Waals surface area contributed by atoms with E-state index in [4.69, 9.17) is 4.74 Å². The molecule has 106 valence electrons. The summed E-state index contributed by atoms with van der Waals surface area (Å²) in [5, 5.41) is 6.04. The van der Waals surface area contributed by atoms with Gasteiger partial charge in [-0.25, -0.2) is 0 Å². The molecule has 0 aliphatic heterocycles. The average Bonchev–Trinajstić information content (AvgIpc) is 2.39. The lowest BCUT2D eigenvalue weighted by atomic mass is 10.1. The number of ether oxygens (including phenoxy) is 1. The SMILES string of the molecule is CCc1ccccc1CNCC(=O)NC(C)COC. The Balaban J connectivity index is 2.31. The van der Waals surface area contributed by atoms with Crippen LogP contribution in [0.5, 0.6) is 0 Å². The van der Waals surface area contributed by atoms with Crippen LogP contribution in [0.1, 0.15) is 25.0 Å². The zero-order valence-corrected chi connectivity index (χ0v) is 12.0. The largest absolute Gasteiger partial charge is 0.383 e. The highest BCUT2D eigenvalue weighted by Gasteiger charge is 2.06. The molecule has 0 saturated carbocycles. The molecule has 1 aromatic rings. The molecule has 1 atom stereocenters. The minimum atomic E-state index is -0.00136. The first-order valence-corrected chi connectivity index (χ1v) is 6.73. The van der Waals surface area contributed by atoms with Crippen molar-refractivity contribution in [2.75, 3.05) is 20.3 Å². The Morgan fingerprint density at radius 3 is 2.63 bits per heavy atom. The van der Waals surface area contributed by atoms with Crippen LogP contribution >= 0.6 is 0 Å². The van der Waals surface area contributed by atoms with Gasteiger partial charge in [-0.2, -0.15) is 0 Å². The predicted molar refractivity (Wildman–Crippen MR) is 77.0 cm³/mol. The maximum absolute atomic E-state index is 11.6. The van der Waals surface area contributed by atoms with E-state index in [1.165, 1.54) is 11.1 Å². The molecule has 1 aromatic carbocycles. The third-order valence-electron chi connectivity index (χ3n) is 2.92. The van der Waals surface area contributed by atoms with E-state index >= 15 is 0 Å². The number of carbonyl (C=O) groups excluding carboxylic acids is 1. The smallest absolute Gasteiger partial charge is 0.234 e. The first kappa shape index (κ1) is 15.7. The summed E-state index contributed by atoms with van der Waals surface area (Å²) < 4.78 is 4.97. The lowest BCUT2D eigenvalue weighted by Crippen LogP contribution is -2.40. The van der Waals surface area contributed by atoms with E-state index in [-0.39, 0.29) is 11.9 Å². The summed E-state index contributed by atoms with van der Waals surface area (Å²) in [4.78, 5) is 11.6. The molecule has 1 amide bonds. The summed E-state index contributed by atoms with van der Waals surface area (Å²) in [6, 6.07) is 8.33. The second-order valence-corrected chi connectivity index (χ2v) is 4.65. The quantitative estimate of drug-likeness (QED) is 0.748. The van der Waals surface area contributed by atoms with Gasteiger partial charge in [0.05, 0.1) is 13.2 Å². The highest BCUT2D eigenvalue weighted by atomic mass is 16.5. The summed E-state index contributed by atoms with van der Waals surface area (Å²) >= 11 is 0. The maximum Gasteiger partial charge on any atom is 0.234 e. The minimum Gasteiger partial charge on any atom is -0.383 e. The fourth-order valence-corrected chi connectivity index (χ4v) is 2.00. The molecule has 0 saturated heterocycles. The van der Waals surface area contributed by atoms with Gasteiger partial charge in [0.1, 0.15) is 0 Å². The van der Waals surface area contributed by atoms with Crippen LogP contribution < -0.4 is 10.6 Å². The zero-order chi connectivity index (χ0) is 14.1. The molecular weight excluding hydrogens is 240 g/mol. The van der Waals surface area contributed by atoms with Crippen LogP contribution in [-0.4, -0.2) is 32.2 Å². The maximum atomic E-state index is 11.6. The fourth-order valence-electron chi connectivity index (χ4n) is 2.00. The van der Waals surface area contributed by atoms with Gasteiger partial charge >= 0.3 is 0 Å². The highest BCUT2D eigenvalue weighted by Crippen LogP contribution is 2.08. The Bertz CT molecular complexity index is 393. The zero-order valence-electron chi connectivity index (χ0n) is 12.0. The normalized spacial score (nSPS) is 12.2. The van der Waals surface area contributed by atoms with Crippen molar-refractivity contribution in [1.82, 2.24) is 10.6 Å². The van der Waals surface area contributed by atoms with E-state index in [0.29, 0.717) is 13.2 Å². The van der Waals surface area contributed by atoms with E-state index in [1.54, 1.807) is 7.11 Å². The Hall–Kier alpha value is -1.39. The molecule has 0 aromatic heterocycles. The Kier molecular flexibility index (Phi) is 7.15. The Morgan fingerprint density at radius 1 is 1.32 bits per heavy atom. The van der Waals surface area contributed by atoms with Crippen molar-refractivity contribution < 1.29 is 9.53 Å². The van der Waals surface area contributed by atoms with Gasteiger partial charge in [-0.1, -0.05) is 31.2 Å². The average molecular weight is 264 g/mol. The Morgan fingerprint density at radius 2 is 2.00 bits per heavy atom. The fraction of sp³-hybridized carbons (Fsp3) is 0.533. The summed E-state index contributed by atoms with van der Waals surface area (Å²) in [5.74, 6) is -0.00136. The first-order valence-electron chi connectivity index (χ1n) is 6.73. The number of amides is 1. The van der Waals surface area contributed by atoms with Gasteiger partial charge in [-0.15, -0.1) is 0 Å². The Labute approximate surface area is 115 Å². The summed E-state index contributed by atoms with van der Waals surface area (Å²) in [6.45, 7) is 5.64. The molecule has 4 nitrogen and oxygen atoms in total. The van der Waals surface area contributed by atoms with E-state index in [0.717, 1.165) is 13.0 Å². The van der Waals surface area contributed by atoms with Crippen molar-refractivity contribution in [2.24, 2.45) is 0 Å².